The van der Waals surface area contributed by atoms with Crippen molar-refractivity contribution in [1.82, 2.24) is 20.1 Å². The van der Waals surface area contributed by atoms with Crippen LogP contribution in [0.5, 0.6) is 5.75 Å². The summed E-state index contributed by atoms with van der Waals surface area (Å²) < 4.78 is 46.3. The standard InChI is InChI=1S/C27H22ClF3N6O5S/c1-15-7-8-16(11-21(15)37(40)41)25(39)32-13-23-34-35-26(36(23)20-5-3-4-6-22(20)42-2)43-14-24(38)33-19-12-17(27(29,30)31)9-10-18(19)28/h3-12H,13-14H2,1-2H3,(H,32,39)(H,33,38). The first-order valence-electron chi connectivity index (χ1n) is 12.3. The van der Waals surface area contributed by atoms with E-state index < -0.39 is 28.5 Å². The van der Waals surface area contributed by atoms with Gasteiger partial charge in [0.25, 0.3) is 11.6 Å². The number of nitro groups is 1. The van der Waals surface area contributed by atoms with E-state index in [0.29, 0.717) is 17.0 Å². The molecule has 0 fully saturated rings. The minimum atomic E-state index is -4.62. The molecule has 2 amide bonds. The van der Waals surface area contributed by atoms with Gasteiger partial charge in [0.2, 0.25) is 5.91 Å². The van der Waals surface area contributed by atoms with Crippen molar-refractivity contribution < 1.29 is 32.4 Å². The zero-order chi connectivity index (χ0) is 31.3. The molecule has 4 rings (SSSR count). The number of ether oxygens (including phenoxy) is 1. The Kier molecular flexibility index (Phi) is 9.56. The molecule has 224 valence electrons. The van der Waals surface area contributed by atoms with E-state index >= 15 is 0 Å². The van der Waals surface area contributed by atoms with Crippen LogP contribution in [0.2, 0.25) is 5.02 Å². The quantitative estimate of drug-likeness (QED) is 0.126. The van der Waals surface area contributed by atoms with Crippen LogP contribution < -0.4 is 15.4 Å². The lowest BCUT2D eigenvalue weighted by atomic mass is 10.1. The molecule has 0 radical (unpaired) electrons. The number of carbonyl (C=O) groups is 2. The van der Waals surface area contributed by atoms with Crippen molar-refractivity contribution in [3.8, 4) is 11.4 Å². The summed E-state index contributed by atoms with van der Waals surface area (Å²) in [7, 11) is 1.45. The first-order valence-corrected chi connectivity index (χ1v) is 13.7. The number of nitrogens with zero attached hydrogens (tertiary/aromatic N) is 4. The summed E-state index contributed by atoms with van der Waals surface area (Å²) >= 11 is 6.92. The van der Waals surface area contributed by atoms with Crippen LogP contribution in [0, 0.1) is 17.0 Å². The fourth-order valence-corrected chi connectivity index (χ4v) is 4.82. The molecule has 0 aliphatic heterocycles. The molecule has 3 aromatic carbocycles. The Bertz CT molecular complexity index is 1700. The summed E-state index contributed by atoms with van der Waals surface area (Å²) in [5.41, 5.74) is -0.420. The molecule has 0 spiro atoms. The molecule has 0 saturated heterocycles. The van der Waals surface area contributed by atoms with E-state index in [0.717, 1.165) is 30.0 Å². The predicted molar refractivity (Wildman–Crippen MR) is 153 cm³/mol. The maximum absolute atomic E-state index is 13.1. The van der Waals surface area contributed by atoms with Crippen LogP contribution in [-0.2, 0) is 17.5 Å². The van der Waals surface area contributed by atoms with Crippen molar-refractivity contribution in [3.63, 3.8) is 0 Å². The van der Waals surface area contributed by atoms with E-state index in [-0.39, 0.29) is 45.2 Å². The summed E-state index contributed by atoms with van der Waals surface area (Å²) in [6.07, 6.45) is -4.62. The molecule has 0 bridgehead atoms. The van der Waals surface area contributed by atoms with Gasteiger partial charge in [-0.05, 0) is 43.3 Å². The number of nitro benzene ring substituents is 1. The lowest BCUT2D eigenvalue weighted by Crippen LogP contribution is -2.25. The average Bonchev–Trinajstić information content (AvgIpc) is 3.37. The van der Waals surface area contributed by atoms with Gasteiger partial charge in [-0.15, -0.1) is 10.2 Å². The number of aryl methyl sites for hydroxylation is 1. The van der Waals surface area contributed by atoms with Crippen molar-refractivity contribution in [3.05, 3.63) is 98.3 Å². The second-order valence-electron chi connectivity index (χ2n) is 8.88. The van der Waals surface area contributed by atoms with Crippen molar-refractivity contribution in [1.29, 1.82) is 0 Å². The zero-order valence-corrected chi connectivity index (χ0v) is 24.0. The third-order valence-electron chi connectivity index (χ3n) is 6.00. The van der Waals surface area contributed by atoms with E-state index in [1.165, 1.54) is 25.3 Å². The number of amides is 2. The third kappa shape index (κ3) is 7.42. The fraction of sp³-hybridized carbons (Fsp3) is 0.185. The number of carbonyl (C=O) groups excluding carboxylic acids is 2. The minimum absolute atomic E-state index is 0.0690. The number of methoxy groups -OCH3 is 1. The number of hydrogen-bond acceptors (Lipinski definition) is 8. The van der Waals surface area contributed by atoms with Gasteiger partial charge in [0.15, 0.2) is 11.0 Å². The third-order valence-corrected chi connectivity index (χ3v) is 7.26. The molecular formula is C27H22ClF3N6O5S. The van der Waals surface area contributed by atoms with E-state index in [2.05, 4.69) is 20.8 Å². The molecule has 1 aromatic heterocycles. The monoisotopic (exact) mass is 634 g/mol. The minimum Gasteiger partial charge on any atom is -0.495 e. The highest BCUT2D eigenvalue weighted by molar-refractivity contribution is 7.99. The van der Waals surface area contributed by atoms with Crippen molar-refractivity contribution >= 4 is 46.6 Å². The van der Waals surface area contributed by atoms with Crippen LogP contribution in [0.15, 0.2) is 65.8 Å². The zero-order valence-electron chi connectivity index (χ0n) is 22.4. The maximum atomic E-state index is 13.1. The summed E-state index contributed by atoms with van der Waals surface area (Å²) in [4.78, 5) is 36.2. The number of hydrogen-bond donors (Lipinski definition) is 2. The van der Waals surface area contributed by atoms with Crippen LogP contribution in [0.25, 0.3) is 5.69 Å². The second-order valence-corrected chi connectivity index (χ2v) is 10.2. The molecule has 4 aromatic rings. The Balaban J connectivity index is 1.56. The van der Waals surface area contributed by atoms with Gasteiger partial charge in [0, 0.05) is 17.2 Å². The molecule has 43 heavy (non-hydrogen) atoms. The van der Waals surface area contributed by atoms with Gasteiger partial charge in [0.05, 0.1) is 46.3 Å². The van der Waals surface area contributed by atoms with E-state index in [1.807, 2.05) is 0 Å². The van der Waals surface area contributed by atoms with Crippen molar-refractivity contribution in [2.75, 3.05) is 18.2 Å². The molecule has 0 aliphatic rings. The Morgan fingerprint density at radius 3 is 2.56 bits per heavy atom. The van der Waals surface area contributed by atoms with Gasteiger partial charge < -0.3 is 15.4 Å². The molecule has 1 heterocycles. The predicted octanol–water partition coefficient (Wildman–Crippen LogP) is 5.83. The maximum Gasteiger partial charge on any atom is 0.416 e. The van der Waals surface area contributed by atoms with Crippen LogP contribution in [0.3, 0.4) is 0 Å². The Morgan fingerprint density at radius 2 is 1.86 bits per heavy atom. The molecular weight excluding hydrogens is 613 g/mol. The van der Waals surface area contributed by atoms with Gasteiger partial charge in [-0.3, -0.25) is 24.3 Å². The molecule has 0 saturated carbocycles. The largest absolute Gasteiger partial charge is 0.495 e. The number of alkyl halides is 3. The van der Waals surface area contributed by atoms with Gasteiger partial charge in [-0.1, -0.05) is 41.6 Å². The SMILES string of the molecule is COc1ccccc1-n1c(CNC(=O)c2ccc(C)c([N+](=O)[O-])c2)nnc1SCC(=O)Nc1cc(C(F)(F)F)ccc1Cl. The Morgan fingerprint density at radius 1 is 1.12 bits per heavy atom. The van der Waals surface area contributed by atoms with Gasteiger partial charge >= 0.3 is 6.18 Å². The van der Waals surface area contributed by atoms with Crippen LogP contribution in [-0.4, -0.2) is 44.4 Å². The van der Waals surface area contributed by atoms with E-state index in [1.54, 1.807) is 35.8 Å². The molecule has 2 N–H and O–H groups in total. The summed E-state index contributed by atoms with van der Waals surface area (Å²) in [6, 6.07) is 13.5. The molecule has 0 unspecified atom stereocenters. The highest BCUT2D eigenvalue weighted by Gasteiger charge is 2.31. The van der Waals surface area contributed by atoms with E-state index in [4.69, 9.17) is 16.3 Å². The van der Waals surface area contributed by atoms with Gasteiger partial charge in [-0.2, -0.15) is 13.2 Å². The normalized spacial score (nSPS) is 11.2. The average molecular weight is 635 g/mol. The summed E-state index contributed by atoms with van der Waals surface area (Å²) in [6.45, 7) is 1.40. The number of thioether (sulfide) groups is 1. The number of halogens is 4. The molecule has 16 heteroatoms. The van der Waals surface area contributed by atoms with Crippen LogP contribution in [0.4, 0.5) is 24.5 Å². The van der Waals surface area contributed by atoms with Crippen LogP contribution >= 0.6 is 23.4 Å². The van der Waals surface area contributed by atoms with Crippen molar-refractivity contribution in [2.24, 2.45) is 0 Å². The van der Waals surface area contributed by atoms with Crippen LogP contribution in [0.1, 0.15) is 27.3 Å². The van der Waals surface area contributed by atoms with E-state index in [9.17, 15) is 32.9 Å². The molecule has 0 aliphatic carbocycles. The van der Waals surface area contributed by atoms with Crippen molar-refractivity contribution in [2.45, 2.75) is 24.8 Å². The summed E-state index contributed by atoms with van der Waals surface area (Å²) in [5.74, 6) is -0.866. The smallest absolute Gasteiger partial charge is 0.416 e. The highest BCUT2D eigenvalue weighted by atomic mass is 35.5. The van der Waals surface area contributed by atoms with Gasteiger partial charge in [-0.25, -0.2) is 0 Å². The summed E-state index contributed by atoms with van der Waals surface area (Å²) in [5, 5.41) is 24.7. The Labute approximate surface area is 251 Å². The number of anilines is 1. The highest BCUT2D eigenvalue weighted by Crippen LogP contribution is 2.34. The topological polar surface area (TPSA) is 141 Å². The first-order chi connectivity index (χ1) is 20.4. The van der Waals surface area contributed by atoms with Gasteiger partial charge in [0.1, 0.15) is 5.75 Å². The lowest BCUT2D eigenvalue weighted by Gasteiger charge is -2.14. The first kappa shape index (κ1) is 31.3. The molecule has 11 nitrogen and oxygen atoms in total. The Hall–Kier alpha value is -4.63. The number of nitrogens with one attached hydrogen (secondary N) is 2. The molecule has 0 atom stereocenters. The number of aromatic nitrogens is 3. The number of benzene rings is 3. The number of para-hydroxylation sites is 2. The second kappa shape index (κ2) is 13.1. The fourth-order valence-electron chi connectivity index (χ4n) is 3.89. The number of rotatable bonds is 10. The lowest BCUT2D eigenvalue weighted by molar-refractivity contribution is -0.385.